The number of aromatic amines is 1. The minimum absolute atomic E-state index is 0.0432. The van der Waals surface area contributed by atoms with Crippen molar-refractivity contribution >= 4 is 28.0 Å². The van der Waals surface area contributed by atoms with Crippen molar-refractivity contribution < 1.29 is 14.3 Å². The largest absolute Gasteiger partial charge is 0.396 e. The first-order valence-electron chi connectivity index (χ1n) is 9.15. The summed E-state index contributed by atoms with van der Waals surface area (Å²) in [6.45, 7) is 3.99. The van der Waals surface area contributed by atoms with Crippen molar-refractivity contribution in [3.05, 3.63) is 42.0 Å². The molecule has 1 aromatic carbocycles. The van der Waals surface area contributed by atoms with Crippen LogP contribution in [0.5, 0.6) is 0 Å². The van der Waals surface area contributed by atoms with E-state index in [1.165, 1.54) is 12.1 Å². The number of fused-ring (bicyclic) bond motifs is 2. The molecule has 0 unspecified atom stereocenters. The Labute approximate surface area is 165 Å². The summed E-state index contributed by atoms with van der Waals surface area (Å²) in [6, 6.07) is 4.44. The molecule has 0 bridgehead atoms. The highest BCUT2D eigenvalue weighted by molar-refractivity contribution is 6.05. The van der Waals surface area contributed by atoms with E-state index in [9.17, 15) is 14.3 Å². The molecular weight excluding hydrogens is 375 g/mol. The standard InChI is InChI=1S/C20H21FN6O2/c1-20(2,10-28)9-24-19(29)13-7-22-18-17(13)25-14(8-23-18)16-12-5-4-11(21)6-15(12)27(3)26-16/h4-8,28H,9-10H2,1-3H3,(H,22,23)(H,24,29). The van der Waals surface area contributed by atoms with Crippen LogP contribution in [0.25, 0.3) is 33.5 Å². The Balaban J connectivity index is 1.74. The molecule has 0 saturated carbocycles. The lowest BCUT2D eigenvalue weighted by Crippen LogP contribution is -2.36. The quantitative estimate of drug-likeness (QED) is 0.480. The summed E-state index contributed by atoms with van der Waals surface area (Å²) in [5.41, 5.74) is 2.51. The second-order valence-electron chi connectivity index (χ2n) is 7.79. The minimum atomic E-state index is -0.430. The summed E-state index contributed by atoms with van der Waals surface area (Å²) in [7, 11) is 1.73. The molecule has 0 aliphatic heterocycles. The number of halogens is 1. The Morgan fingerprint density at radius 3 is 2.93 bits per heavy atom. The van der Waals surface area contributed by atoms with Crippen LogP contribution in [0.4, 0.5) is 4.39 Å². The predicted octanol–water partition coefficient (Wildman–Crippen LogP) is 2.40. The Morgan fingerprint density at radius 1 is 1.38 bits per heavy atom. The van der Waals surface area contributed by atoms with Gasteiger partial charge in [0.15, 0.2) is 5.65 Å². The number of aromatic nitrogens is 5. The normalized spacial score (nSPS) is 12.0. The molecule has 0 saturated heterocycles. The smallest absolute Gasteiger partial charge is 0.255 e. The van der Waals surface area contributed by atoms with Gasteiger partial charge in [0, 0.05) is 37.2 Å². The van der Waals surface area contributed by atoms with Gasteiger partial charge in [0.25, 0.3) is 5.91 Å². The highest BCUT2D eigenvalue weighted by Crippen LogP contribution is 2.28. The van der Waals surface area contributed by atoms with Gasteiger partial charge in [-0.05, 0) is 18.2 Å². The molecule has 1 amide bonds. The number of carbonyl (C=O) groups is 1. The summed E-state index contributed by atoms with van der Waals surface area (Å²) >= 11 is 0. The van der Waals surface area contributed by atoms with Gasteiger partial charge < -0.3 is 15.4 Å². The number of nitrogens with one attached hydrogen (secondary N) is 2. The van der Waals surface area contributed by atoms with Crippen molar-refractivity contribution in [3.63, 3.8) is 0 Å². The number of aliphatic hydroxyl groups excluding tert-OH is 1. The fourth-order valence-corrected chi connectivity index (χ4v) is 3.07. The molecule has 150 valence electrons. The van der Waals surface area contributed by atoms with E-state index in [1.54, 1.807) is 30.2 Å². The van der Waals surface area contributed by atoms with Crippen molar-refractivity contribution in [2.24, 2.45) is 12.5 Å². The van der Waals surface area contributed by atoms with Gasteiger partial charge in [-0.2, -0.15) is 5.10 Å². The third-order valence-corrected chi connectivity index (χ3v) is 4.84. The molecule has 8 nitrogen and oxygen atoms in total. The van der Waals surface area contributed by atoms with Crippen molar-refractivity contribution in [1.82, 2.24) is 30.0 Å². The molecule has 4 aromatic rings. The monoisotopic (exact) mass is 396 g/mol. The molecule has 9 heteroatoms. The first-order valence-corrected chi connectivity index (χ1v) is 9.15. The molecule has 3 aromatic heterocycles. The fourth-order valence-electron chi connectivity index (χ4n) is 3.07. The molecule has 3 heterocycles. The zero-order valence-electron chi connectivity index (χ0n) is 16.3. The van der Waals surface area contributed by atoms with Crippen LogP contribution in [-0.2, 0) is 7.05 Å². The molecule has 0 atom stereocenters. The zero-order chi connectivity index (χ0) is 20.8. The van der Waals surface area contributed by atoms with Crippen molar-refractivity contribution in [2.75, 3.05) is 13.2 Å². The van der Waals surface area contributed by atoms with Crippen LogP contribution >= 0.6 is 0 Å². The first-order chi connectivity index (χ1) is 13.8. The summed E-state index contributed by atoms with van der Waals surface area (Å²) < 4.78 is 15.2. The molecule has 29 heavy (non-hydrogen) atoms. The second kappa shape index (κ2) is 6.93. The number of hydrogen-bond acceptors (Lipinski definition) is 5. The maximum absolute atomic E-state index is 13.6. The Bertz CT molecular complexity index is 1230. The lowest BCUT2D eigenvalue weighted by Gasteiger charge is -2.21. The number of aliphatic hydroxyl groups is 1. The average Bonchev–Trinajstić information content (AvgIpc) is 3.27. The van der Waals surface area contributed by atoms with E-state index in [0.717, 1.165) is 5.39 Å². The number of carbonyl (C=O) groups excluding carboxylic acids is 1. The number of rotatable bonds is 5. The van der Waals surface area contributed by atoms with Crippen molar-refractivity contribution in [1.29, 1.82) is 0 Å². The maximum atomic E-state index is 13.6. The van der Waals surface area contributed by atoms with Crippen LogP contribution < -0.4 is 5.32 Å². The van der Waals surface area contributed by atoms with Gasteiger partial charge in [-0.15, -0.1) is 0 Å². The number of benzene rings is 1. The van der Waals surface area contributed by atoms with Crippen LogP contribution in [0.3, 0.4) is 0 Å². The number of nitrogens with zero attached hydrogens (tertiary/aromatic N) is 4. The van der Waals surface area contributed by atoms with E-state index >= 15 is 0 Å². The number of H-pyrrole nitrogens is 1. The highest BCUT2D eigenvalue weighted by Gasteiger charge is 2.21. The van der Waals surface area contributed by atoms with Gasteiger partial charge in [-0.3, -0.25) is 9.48 Å². The molecule has 4 rings (SSSR count). The minimum Gasteiger partial charge on any atom is -0.396 e. The van der Waals surface area contributed by atoms with Gasteiger partial charge in [-0.25, -0.2) is 14.4 Å². The van der Waals surface area contributed by atoms with Gasteiger partial charge in [0.2, 0.25) is 0 Å². The maximum Gasteiger partial charge on any atom is 0.255 e. The molecule has 3 N–H and O–H groups in total. The van der Waals surface area contributed by atoms with Crippen LogP contribution in [0.1, 0.15) is 24.2 Å². The van der Waals surface area contributed by atoms with Crippen molar-refractivity contribution in [3.8, 4) is 11.4 Å². The van der Waals surface area contributed by atoms with E-state index in [2.05, 4.69) is 25.4 Å². The van der Waals surface area contributed by atoms with Crippen LogP contribution in [0, 0.1) is 11.2 Å². The first kappa shape index (κ1) is 19.0. The summed E-state index contributed by atoms with van der Waals surface area (Å²) in [5.74, 6) is -0.652. The molecule has 0 radical (unpaired) electrons. The number of amides is 1. The van der Waals surface area contributed by atoms with Gasteiger partial charge in [-0.1, -0.05) is 13.8 Å². The fraction of sp³-hybridized carbons (Fsp3) is 0.300. The van der Waals surface area contributed by atoms with Crippen LogP contribution in [0.2, 0.25) is 0 Å². The number of hydrogen-bond donors (Lipinski definition) is 3. The van der Waals surface area contributed by atoms with Crippen molar-refractivity contribution in [2.45, 2.75) is 13.8 Å². The predicted molar refractivity (Wildman–Crippen MR) is 107 cm³/mol. The molecule has 0 aliphatic carbocycles. The third kappa shape index (κ3) is 3.44. The topological polar surface area (TPSA) is 109 Å². The van der Waals surface area contributed by atoms with Crippen LogP contribution in [-0.4, -0.2) is 48.9 Å². The van der Waals surface area contributed by atoms with Gasteiger partial charge >= 0.3 is 0 Å². The van der Waals surface area contributed by atoms with E-state index in [-0.39, 0.29) is 18.3 Å². The molecular formula is C20H21FN6O2. The van der Waals surface area contributed by atoms with Crippen LogP contribution in [0.15, 0.2) is 30.6 Å². The molecule has 0 aliphatic rings. The summed E-state index contributed by atoms with van der Waals surface area (Å²) in [5, 5.41) is 17.4. The van der Waals surface area contributed by atoms with E-state index in [0.29, 0.717) is 40.2 Å². The Morgan fingerprint density at radius 2 is 2.17 bits per heavy atom. The van der Waals surface area contributed by atoms with Gasteiger partial charge in [0.1, 0.15) is 22.7 Å². The average molecular weight is 396 g/mol. The summed E-state index contributed by atoms with van der Waals surface area (Å²) in [6.07, 6.45) is 3.13. The third-order valence-electron chi connectivity index (χ3n) is 4.84. The Hall–Kier alpha value is -3.33. The number of aryl methyl sites for hydroxylation is 1. The summed E-state index contributed by atoms with van der Waals surface area (Å²) in [4.78, 5) is 24.6. The molecule has 0 spiro atoms. The zero-order valence-corrected chi connectivity index (χ0v) is 16.3. The highest BCUT2D eigenvalue weighted by atomic mass is 19.1. The molecule has 0 fully saturated rings. The second-order valence-corrected chi connectivity index (χ2v) is 7.79. The van der Waals surface area contributed by atoms with E-state index in [1.807, 2.05) is 13.8 Å². The lowest BCUT2D eigenvalue weighted by atomic mass is 9.95. The van der Waals surface area contributed by atoms with E-state index in [4.69, 9.17) is 0 Å². The Kier molecular flexibility index (Phi) is 4.54. The lowest BCUT2D eigenvalue weighted by molar-refractivity contribution is 0.0912. The van der Waals surface area contributed by atoms with Gasteiger partial charge in [0.05, 0.1) is 17.3 Å². The van der Waals surface area contributed by atoms with E-state index < -0.39 is 5.41 Å². The SMILES string of the molecule is Cn1nc(-c2cnc3[nH]cc(C(=O)NCC(C)(C)CO)c3n2)c2ccc(F)cc21.